The topological polar surface area (TPSA) is 90.2 Å². The molecule has 2 aliphatic heterocycles. The summed E-state index contributed by atoms with van der Waals surface area (Å²) in [6.07, 6.45) is 1.25. The molecule has 0 unspecified atom stereocenters. The molecule has 40 heavy (non-hydrogen) atoms. The molecule has 0 aliphatic carbocycles. The molecule has 8 nitrogen and oxygen atoms in total. The number of fused-ring (bicyclic) bond motifs is 2. The molecular weight excluding hydrogens is 594 g/mol. The minimum atomic E-state index is -0.855. The van der Waals surface area contributed by atoms with E-state index in [1.807, 2.05) is 57.2 Å². The van der Waals surface area contributed by atoms with E-state index in [-0.39, 0.29) is 18.6 Å². The molecule has 0 fully saturated rings. The molecular formula is C30H30BrN3O5S. The van der Waals surface area contributed by atoms with Crippen molar-refractivity contribution in [3.63, 3.8) is 0 Å². The van der Waals surface area contributed by atoms with Gasteiger partial charge in [-0.3, -0.25) is 14.2 Å². The largest absolute Gasteiger partial charge is 0.496 e. The van der Waals surface area contributed by atoms with Crippen LogP contribution in [0.4, 0.5) is 5.69 Å². The van der Waals surface area contributed by atoms with Crippen molar-refractivity contribution >= 4 is 50.4 Å². The Morgan fingerprint density at radius 3 is 2.58 bits per heavy atom. The summed E-state index contributed by atoms with van der Waals surface area (Å²) in [5.74, 6) is -0.247. The Labute approximate surface area is 244 Å². The summed E-state index contributed by atoms with van der Waals surface area (Å²) < 4.78 is 13.8. The molecule has 10 heteroatoms. The molecule has 0 saturated carbocycles. The SMILES string of the molecule is CCCC1=C(C(=O)OCC)[C@H](c2cc(Br)ccc2OC)n2c(s/c(=C3\C(=O)N(C(C)C)c4ccccc43)c2=O)=N1. The number of esters is 1. The predicted molar refractivity (Wildman–Crippen MR) is 158 cm³/mol. The smallest absolute Gasteiger partial charge is 0.338 e. The molecule has 0 bridgehead atoms. The number of benzene rings is 2. The predicted octanol–water partition coefficient (Wildman–Crippen LogP) is 4.47. The fraction of sp³-hybridized carbons (Fsp3) is 0.333. The number of hydrogen-bond donors (Lipinski definition) is 0. The number of amides is 1. The standard InChI is InChI=1S/C30H30BrN3O5S/c1-6-10-20-24(29(37)39-7-2)25(19-15-17(31)13-14-22(19)38-5)34-28(36)26(40-30(34)32-20)23-18-11-8-9-12-21(18)33(16(3)4)27(23)35/h8-9,11-16,25H,6-7,10H2,1-5H3/b26-23-/t25-/m0/s1. The Balaban J connectivity index is 1.89. The normalized spacial score (nSPS) is 17.6. The fourth-order valence-electron chi connectivity index (χ4n) is 5.36. The highest BCUT2D eigenvalue weighted by Gasteiger charge is 2.39. The second kappa shape index (κ2) is 11.2. The summed E-state index contributed by atoms with van der Waals surface area (Å²) in [4.78, 5) is 48.6. The maximum absolute atomic E-state index is 14.4. The Hall–Kier alpha value is -3.50. The zero-order valence-electron chi connectivity index (χ0n) is 23.0. The average molecular weight is 625 g/mol. The van der Waals surface area contributed by atoms with Gasteiger partial charge in [-0.2, -0.15) is 0 Å². The van der Waals surface area contributed by atoms with Gasteiger partial charge in [0, 0.05) is 21.6 Å². The summed E-state index contributed by atoms with van der Waals surface area (Å²) in [7, 11) is 1.55. The highest BCUT2D eigenvalue weighted by molar-refractivity contribution is 9.10. The monoisotopic (exact) mass is 623 g/mol. The molecule has 2 aliphatic rings. The first-order valence-corrected chi connectivity index (χ1v) is 14.8. The first-order valence-electron chi connectivity index (χ1n) is 13.2. The number of allylic oxidation sites excluding steroid dienone is 1. The molecule has 0 radical (unpaired) electrons. The van der Waals surface area contributed by atoms with Crippen LogP contribution >= 0.6 is 27.3 Å². The summed E-state index contributed by atoms with van der Waals surface area (Å²) >= 11 is 4.71. The third-order valence-electron chi connectivity index (χ3n) is 6.96. The number of methoxy groups -OCH3 is 1. The van der Waals surface area contributed by atoms with Gasteiger partial charge in [0.15, 0.2) is 4.80 Å². The quantitative estimate of drug-likeness (QED) is 0.362. The molecule has 0 saturated heterocycles. The van der Waals surface area contributed by atoms with Crippen LogP contribution in [0.1, 0.15) is 57.7 Å². The van der Waals surface area contributed by atoms with E-state index < -0.39 is 17.6 Å². The molecule has 1 amide bonds. The number of ether oxygens (including phenoxy) is 2. The summed E-state index contributed by atoms with van der Waals surface area (Å²) in [6.45, 7) is 7.82. The van der Waals surface area contributed by atoms with Gasteiger partial charge in [-0.05, 0) is 51.5 Å². The zero-order chi connectivity index (χ0) is 28.7. The van der Waals surface area contributed by atoms with Crippen LogP contribution in [0.2, 0.25) is 0 Å². The van der Waals surface area contributed by atoms with Crippen molar-refractivity contribution < 1.29 is 19.1 Å². The van der Waals surface area contributed by atoms with Crippen molar-refractivity contribution in [1.82, 2.24) is 4.57 Å². The molecule has 1 atom stereocenters. The first-order chi connectivity index (χ1) is 19.2. The number of nitrogens with zero attached hydrogens (tertiary/aromatic N) is 3. The Bertz CT molecular complexity index is 1740. The second-order valence-corrected chi connectivity index (χ2v) is 11.7. The van der Waals surface area contributed by atoms with Crippen LogP contribution in [-0.4, -0.2) is 36.2 Å². The maximum atomic E-state index is 14.4. The lowest BCUT2D eigenvalue weighted by Gasteiger charge is -2.27. The molecule has 3 heterocycles. The minimum Gasteiger partial charge on any atom is -0.496 e. The van der Waals surface area contributed by atoms with Crippen molar-refractivity contribution in [2.24, 2.45) is 4.99 Å². The van der Waals surface area contributed by atoms with E-state index in [0.29, 0.717) is 49.5 Å². The van der Waals surface area contributed by atoms with Crippen molar-refractivity contribution in [3.05, 3.63) is 89.0 Å². The van der Waals surface area contributed by atoms with Crippen molar-refractivity contribution in [1.29, 1.82) is 0 Å². The zero-order valence-corrected chi connectivity index (χ0v) is 25.4. The Morgan fingerprint density at radius 1 is 1.15 bits per heavy atom. The molecule has 3 aromatic rings. The number of rotatable bonds is 7. The van der Waals surface area contributed by atoms with Crippen LogP contribution < -0.4 is 24.5 Å². The van der Waals surface area contributed by atoms with Crippen LogP contribution in [0.5, 0.6) is 5.75 Å². The van der Waals surface area contributed by atoms with E-state index in [4.69, 9.17) is 14.5 Å². The van der Waals surface area contributed by atoms with Gasteiger partial charge in [-0.15, -0.1) is 0 Å². The van der Waals surface area contributed by atoms with Gasteiger partial charge in [0.2, 0.25) is 0 Å². The third-order valence-corrected chi connectivity index (χ3v) is 8.51. The van der Waals surface area contributed by atoms with E-state index >= 15 is 0 Å². The van der Waals surface area contributed by atoms with Crippen LogP contribution in [-0.2, 0) is 14.3 Å². The van der Waals surface area contributed by atoms with Crippen LogP contribution in [0.15, 0.2) is 68.0 Å². The van der Waals surface area contributed by atoms with Crippen molar-refractivity contribution in [3.8, 4) is 5.75 Å². The van der Waals surface area contributed by atoms with E-state index in [9.17, 15) is 14.4 Å². The Kier molecular flexibility index (Phi) is 7.83. The number of hydrogen-bond acceptors (Lipinski definition) is 7. The number of halogens is 1. The number of thiazole rings is 1. The highest BCUT2D eigenvalue weighted by Crippen LogP contribution is 2.39. The highest BCUT2D eigenvalue weighted by atomic mass is 79.9. The van der Waals surface area contributed by atoms with Gasteiger partial charge in [0.25, 0.3) is 11.5 Å². The number of carbonyl (C=O) groups excluding carboxylic acids is 2. The lowest BCUT2D eigenvalue weighted by atomic mass is 9.93. The van der Waals surface area contributed by atoms with Gasteiger partial charge in [0.1, 0.15) is 16.3 Å². The summed E-state index contributed by atoms with van der Waals surface area (Å²) in [6, 6.07) is 12.0. The summed E-state index contributed by atoms with van der Waals surface area (Å²) in [5, 5.41) is 0. The Morgan fingerprint density at radius 2 is 1.90 bits per heavy atom. The average Bonchev–Trinajstić information content (AvgIpc) is 3.40. The lowest BCUT2D eigenvalue weighted by molar-refractivity contribution is -0.139. The van der Waals surface area contributed by atoms with Crippen LogP contribution in [0.3, 0.4) is 0 Å². The maximum Gasteiger partial charge on any atom is 0.338 e. The second-order valence-electron chi connectivity index (χ2n) is 9.78. The number of anilines is 1. The molecule has 0 spiro atoms. The van der Waals surface area contributed by atoms with Crippen LogP contribution in [0.25, 0.3) is 5.57 Å². The third kappa shape index (κ3) is 4.53. The molecule has 2 aromatic carbocycles. The van der Waals surface area contributed by atoms with E-state index in [0.717, 1.165) is 16.6 Å². The molecule has 5 rings (SSSR count). The van der Waals surface area contributed by atoms with Gasteiger partial charge < -0.3 is 14.4 Å². The minimum absolute atomic E-state index is 0.0971. The number of para-hydroxylation sites is 1. The lowest BCUT2D eigenvalue weighted by Crippen LogP contribution is -2.41. The summed E-state index contributed by atoms with van der Waals surface area (Å²) in [5.41, 5.74) is 2.92. The number of carbonyl (C=O) groups is 2. The van der Waals surface area contributed by atoms with E-state index in [1.54, 1.807) is 25.0 Å². The van der Waals surface area contributed by atoms with Crippen molar-refractivity contribution in [2.45, 2.75) is 52.6 Å². The van der Waals surface area contributed by atoms with E-state index in [2.05, 4.69) is 15.9 Å². The van der Waals surface area contributed by atoms with Gasteiger partial charge >= 0.3 is 5.97 Å². The number of aromatic nitrogens is 1. The molecule has 0 N–H and O–H groups in total. The van der Waals surface area contributed by atoms with Crippen molar-refractivity contribution in [2.75, 3.05) is 18.6 Å². The van der Waals surface area contributed by atoms with E-state index in [1.165, 1.54) is 15.9 Å². The van der Waals surface area contributed by atoms with Crippen LogP contribution in [0, 0.1) is 0 Å². The first kappa shape index (κ1) is 28.0. The molecule has 1 aromatic heterocycles. The van der Waals surface area contributed by atoms with Gasteiger partial charge in [-0.1, -0.05) is 58.8 Å². The van der Waals surface area contributed by atoms with Gasteiger partial charge in [0.05, 0.1) is 36.2 Å². The fourth-order valence-corrected chi connectivity index (χ4v) is 6.85. The molecule has 208 valence electrons. The van der Waals surface area contributed by atoms with Gasteiger partial charge in [-0.25, -0.2) is 9.79 Å².